The molecule has 116 valence electrons. The summed E-state index contributed by atoms with van der Waals surface area (Å²) in [7, 11) is 0. The first-order valence-corrected chi connectivity index (χ1v) is 8.04. The minimum atomic E-state index is -0.343. The van der Waals surface area contributed by atoms with Crippen LogP contribution in [0.4, 0.5) is 5.69 Å². The van der Waals surface area contributed by atoms with Gasteiger partial charge in [0, 0.05) is 15.9 Å². The molecule has 0 aliphatic carbocycles. The summed E-state index contributed by atoms with van der Waals surface area (Å²) < 4.78 is 5.06. The highest BCUT2D eigenvalue weighted by Gasteiger charge is 2.13. The molecule has 1 amide bonds. The van der Waals surface area contributed by atoms with Gasteiger partial charge in [-0.05, 0) is 50.1 Å². The second-order valence-corrected chi connectivity index (χ2v) is 6.08. The number of benzene rings is 1. The molecule has 2 aromatic rings. The van der Waals surface area contributed by atoms with Gasteiger partial charge in [-0.15, -0.1) is 11.3 Å². The Morgan fingerprint density at radius 1 is 1.18 bits per heavy atom. The van der Waals surface area contributed by atoms with Crippen molar-refractivity contribution in [2.45, 2.75) is 27.2 Å². The number of aryl methyl sites for hydroxylation is 1. The first kappa shape index (κ1) is 16.2. The fourth-order valence-electron chi connectivity index (χ4n) is 1.90. The third-order valence-electron chi connectivity index (χ3n) is 3.35. The molecule has 0 aliphatic heterocycles. The first-order chi connectivity index (χ1) is 10.5. The molecule has 22 heavy (non-hydrogen) atoms. The summed E-state index contributed by atoms with van der Waals surface area (Å²) in [5, 5.41) is 4.69. The van der Waals surface area contributed by atoms with E-state index in [1.165, 1.54) is 0 Å². The maximum atomic E-state index is 12.2. The highest BCUT2D eigenvalue weighted by molar-refractivity contribution is 7.10. The van der Waals surface area contributed by atoms with Gasteiger partial charge in [0.1, 0.15) is 0 Å². The Balaban J connectivity index is 2.03. The third kappa shape index (κ3) is 3.74. The highest BCUT2D eigenvalue weighted by atomic mass is 32.1. The van der Waals surface area contributed by atoms with Crippen molar-refractivity contribution in [3.05, 3.63) is 51.2 Å². The Morgan fingerprint density at radius 3 is 2.41 bits per heavy atom. The van der Waals surface area contributed by atoms with Crippen LogP contribution >= 0.6 is 11.3 Å². The Hall–Kier alpha value is -2.14. The van der Waals surface area contributed by atoms with Crippen molar-refractivity contribution in [1.29, 1.82) is 0 Å². The smallest absolute Gasteiger partial charge is 0.338 e. The van der Waals surface area contributed by atoms with Gasteiger partial charge in [0.25, 0.3) is 5.91 Å². The summed E-state index contributed by atoms with van der Waals surface area (Å²) in [6, 6.07) is 6.71. The van der Waals surface area contributed by atoms with E-state index in [1.54, 1.807) is 35.6 Å². The van der Waals surface area contributed by atoms with Crippen molar-refractivity contribution in [3.63, 3.8) is 0 Å². The lowest BCUT2D eigenvalue weighted by Crippen LogP contribution is -2.12. The second-order valence-electron chi connectivity index (χ2n) is 5.00. The molecule has 0 spiro atoms. The number of anilines is 1. The van der Waals surface area contributed by atoms with Crippen LogP contribution in [0.15, 0.2) is 29.6 Å². The second kappa shape index (κ2) is 7.22. The lowest BCUT2D eigenvalue weighted by molar-refractivity contribution is 0.0505. The molecule has 0 unspecified atom stereocenters. The van der Waals surface area contributed by atoms with Gasteiger partial charge >= 0.3 is 5.97 Å². The number of amides is 1. The number of esters is 1. The Bertz CT molecular complexity index is 674. The number of carbonyl (C=O) groups is 2. The van der Waals surface area contributed by atoms with Crippen molar-refractivity contribution >= 4 is 28.9 Å². The molecule has 1 N–H and O–H groups in total. The average Bonchev–Trinajstić information content (AvgIpc) is 2.85. The standard InChI is InChI=1S/C17H19NO3S/c1-4-9-21-17(20)13-5-7-14(8-6-13)18-16(19)15-10-22-12(3)11(15)2/h5-8,10H,4,9H2,1-3H3,(H,18,19). The number of hydrogen-bond acceptors (Lipinski definition) is 4. The van der Waals surface area contributed by atoms with E-state index in [9.17, 15) is 9.59 Å². The number of ether oxygens (including phenoxy) is 1. The molecule has 0 atom stereocenters. The van der Waals surface area contributed by atoms with Crippen LogP contribution in [-0.4, -0.2) is 18.5 Å². The minimum Gasteiger partial charge on any atom is -0.462 e. The molecule has 2 rings (SSSR count). The molecule has 0 saturated heterocycles. The highest BCUT2D eigenvalue weighted by Crippen LogP contribution is 2.22. The molecule has 0 saturated carbocycles. The van der Waals surface area contributed by atoms with E-state index in [2.05, 4.69) is 5.32 Å². The number of thiophene rings is 1. The molecule has 0 bridgehead atoms. The number of nitrogens with one attached hydrogen (secondary N) is 1. The predicted octanol–water partition coefficient (Wildman–Crippen LogP) is 4.18. The van der Waals surface area contributed by atoms with Crippen molar-refractivity contribution in [2.24, 2.45) is 0 Å². The average molecular weight is 317 g/mol. The van der Waals surface area contributed by atoms with E-state index in [1.807, 2.05) is 26.2 Å². The number of carbonyl (C=O) groups excluding carboxylic acids is 2. The summed E-state index contributed by atoms with van der Waals surface area (Å²) in [6.45, 7) is 6.29. The van der Waals surface area contributed by atoms with E-state index in [-0.39, 0.29) is 11.9 Å². The molecule has 1 heterocycles. The van der Waals surface area contributed by atoms with Gasteiger partial charge in [-0.1, -0.05) is 6.92 Å². The molecule has 0 radical (unpaired) electrons. The van der Waals surface area contributed by atoms with Gasteiger partial charge in [-0.25, -0.2) is 4.79 Å². The molecule has 0 aliphatic rings. The Morgan fingerprint density at radius 2 is 1.86 bits per heavy atom. The molecule has 5 heteroatoms. The molecule has 0 fully saturated rings. The SMILES string of the molecule is CCCOC(=O)c1ccc(NC(=O)c2csc(C)c2C)cc1. The molecular weight excluding hydrogens is 298 g/mol. The van der Waals surface area contributed by atoms with Crippen LogP contribution in [0.25, 0.3) is 0 Å². The molecule has 1 aromatic carbocycles. The first-order valence-electron chi connectivity index (χ1n) is 7.16. The molecule has 4 nitrogen and oxygen atoms in total. The zero-order chi connectivity index (χ0) is 16.1. The maximum Gasteiger partial charge on any atom is 0.338 e. The lowest BCUT2D eigenvalue weighted by atomic mass is 10.1. The summed E-state index contributed by atoms with van der Waals surface area (Å²) in [5.41, 5.74) is 2.82. The lowest BCUT2D eigenvalue weighted by Gasteiger charge is -2.07. The summed E-state index contributed by atoms with van der Waals surface area (Å²) >= 11 is 1.56. The number of rotatable bonds is 5. The van der Waals surface area contributed by atoms with E-state index >= 15 is 0 Å². The van der Waals surface area contributed by atoms with E-state index in [4.69, 9.17) is 4.74 Å². The van der Waals surface area contributed by atoms with E-state index in [0.717, 1.165) is 16.9 Å². The predicted molar refractivity (Wildman–Crippen MR) is 88.8 cm³/mol. The van der Waals surface area contributed by atoms with Crippen molar-refractivity contribution in [1.82, 2.24) is 0 Å². The fourth-order valence-corrected chi connectivity index (χ4v) is 2.77. The molecular formula is C17H19NO3S. The largest absolute Gasteiger partial charge is 0.462 e. The van der Waals surface area contributed by atoms with Crippen LogP contribution in [-0.2, 0) is 4.74 Å². The summed E-state index contributed by atoms with van der Waals surface area (Å²) in [6.07, 6.45) is 0.791. The van der Waals surface area contributed by atoms with Gasteiger partial charge in [0.2, 0.25) is 0 Å². The normalized spacial score (nSPS) is 10.3. The summed E-state index contributed by atoms with van der Waals surface area (Å²) in [4.78, 5) is 25.0. The van der Waals surface area contributed by atoms with E-state index in [0.29, 0.717) is 23.4 Å². The summed E-state index contributed by atoms with van der Waals surface area (Å²) in [5.74, 6) is -0.479. The Kier molecular flexibility index (Phi) is 5.33. The van der Waals surface area contributed by atoms with Crippen LogP contribution in [0.3, 0.4) is 0 Å². The van der Waals surface area contributed by atoms with Gasteiger partial charge in [-0.2, -0.15) is 0 Å². The van der Waals surface area contributed by atoms with Crippen LogP contribution in [0.5, 0.6) is 0 Å². The number of hydrogen-bond donors (Lipinski definition) is 1. The Labute approximate surface area is 134 Å². The van der Waals surface area contributed by atoms with Crippen molar-refractivity contribution in [3.8, 4) is 0 Å². The quantitative estimate of drug-likeness (QED) is 0.842. The van der Waals surface area contributed by atoms with Crippen molar-refractivity contribution in [2.75, 3.05) is 11.9 Å². The van der Waals surface area contributed by atoms with Crippen LogP contribution in [0.1, 0.15) is 44.5 Å². The van der Waals surface area contributed by atoms with Gasteiger partial charge in [-0.3, -0.25) is 4.79 Å². The van der Waals surface area contributed by atoms with Crippen LogP contribution in [0.2, 0.25) is 0 Å². The monoisotopic (exact) mass is 317 g/mol. The van der Waals surface area contributed by atoms with Crippen molar-refractivity contribution < 1.29 is 14.3 Å². The topological polar surface area (TPSA) is 55.4 Å². The fraction of sp³-hybridized carbons (Fsp3) is 0.294. The zero-order valence-corrected chi connectivity index (χ0v) is 13.8. The van der Waals surface area contributed by atoms with Gasteiger partial charge < -0.3 is 10.1 Å². The minimum absolute atomic E-state index is 0.136. The van der Waals surface area contributed by atoms with Gasteiger partial charge in [0.05, 0.1) is 17.7 Å². The zero-order valence-electron chi connectivity index (χ0n) is 12.9. The van der Waals surface area contributed by atoms with E-state index < -0.39 is 0 Å². The maximum absolute atomic E-state index is 12.2. The van der Waals surface area contributed by atoms with Gasteiger partial charge in [0.15, 0.2) is 0 Å². The van der Waals surface area contributed by atoms with Crippen LogP contribution < -0.4 is 5.32 Å². The molecule has 1 aromatic heterocycles. The third-order valence-corrected chi connectivity index (χ3v) is 4.36. The van der Waals surface area contributed by atoms with Crippen LogP contribution in [0, 0.1) is 13.8 Å².